The molecule has 0 spiro atoms. The summed E-state index contributed by atoms with van der Waals surface area (Å²) in [5, 5.41) is 14.2. The molecule has 7 nitrogen and oxygen atoms in total. The second kappa shape index (κ2) is 20.4. The summed E-state index contributed by atoms with van der Waals surface area (Å²) < 4.78 is 5.52. The van der Waals surface area contributed by atoms with Crippen LogP contribution in [0, 0.1) is 0 Å². The number of hydrogen-bond acceptors (Lipinski definition) is 7. The number of carbonyl (C=O) groups excluding carboxylic acids is 1. The first-order valence-corrected chi connectivity index (χ1v) is 16.1. The number of aromatic nitrogens is 1. The zero-order valence-electron chi connectivity index (χ0n) is 26.6. The van der Waals surface area contributed by atoms with Crippen LogP contribution >= 0.6 is 36.2 Å². The molecule has 244 valence electrons. The number of nitrogens with one attached hydrogen (secondary N) is 1. The van der Waals surface area contributed by atoms with E-state index in [1.807, 2.05) is 12.3 Å². The lowest BCUT2D eigenvalue weighted by atomic mass is 9.90. The van der Waals surface area contributed by atoms with E-state index in [1.165, 1.54) is 42.5 Å². The number of carboxylic acid groups (broad SMARTS) is 1. The van der Waals surface area contributed by atoms with Crippen LogP contribution in [-0.2, 0) is 27.3 Å². The van der Waals surface area contributed by atoms with Crippen LogP contribution in [0.2, 0.25) is 0 Å². The Balaban J connectivity index is 0.00000484. The van der Waals surface area contributed by atoms with Crippen LogP contribution in [0.15, 0.2) is 53.9 Å². The minimum Gasteiger partial charge on any atom is -0.480 e. The number of halogens is 2. The van der Waals surface area contributed by atoms with Crippen LogP contribution < -0.4 is 10.2 Å². The van der Waals surface area contributed by atoms with Crippen molar-refractivity contribution in [2.45, 2.75) is 97.8 Å². The number of hydrogen-bond donors (Lipinski definition) is 2. The number of ether oxygens (including phenoxy) is 1. The number of carbonyl (C=O) groups is 2. The number of anilines is 1. The molecule has 0 aliphatic heterocycles. The topological polar surface area (TPSA) is 91.8 Å². The molecule has 0 fully saturated rings. The fourth-order valence-corrected chi connectivity index (χ4v) is 6.03. The molecule has 3 rings (SSSR count). The number of carboxylic acids is 1. The van der Waals surface area contributed by atoms with E-state index in [0.29, 0.717) is 24.8 Å². The van der Waals surface area contributed by atoms with Gasteiger partial charge in [0.1, 0.15) is 6.10 Å². The summed E-state index contributed by atoms with van der Waals surface area (Å²) in [5.41, 5.74) is 5.92. The van der Waals surface area contributed by atoms with Gasteiger partial charge in [-0.05, 0) is 62.3 Å². The molecule has 2 aromatic carbocycles. The number of thiazole rings is 1. The number of nitrogens with zero attached hydrogens (tertiary/aromatic N) is 2. The van der Waals surface area contributed by atoms with Crippen LogP contribution in [0.4, 0.5) is 5.69 Å². The normalized spacial score (nSPS) is 11.5. The lowest BCUT2D eigenvalue weighted by molar-refractivity contribution is -0.148. The molecule has 10 heteroatoms. The summed E-state index contributed by atoms with van der Waals surface area (Å²) in [6.07, 6.45) is 5.80. The maximum Gasteiger partial charge on any atom is 0.320 e. The second-order valence-corrected chi connectivity index (χ2v) is 12.1. The first-order chi connectivity index (χ1) is 20.2. The van der Waals surface area contributed by atoms with Gasteiger partial charge in [0.05, 0.1) is 23.8 Å². The minimum absolute atomic E-state index is 0. The summed E-state index contributed by atoms with van der Waals surface area (Å²) in [6, 6.07) is 18.2. The second-order valence-electron chi connectivity index (χ2n) is 11.1. The number of aliphatic carboxylic acids is 1. The van der Waals surface area contributed by atoms with Crippen molar-refractivity contribution in [3.63, 3.8) is 0 Å². The zero-order valence-corrected chi connectivity index (χ0v) is 29.0. The monoisotopic (exact) mass is 665 g/mol. The van der Waals surface area contributed by atoms with E-state index >= 15 is 0 Å². The highest BCUT2D eigenvalue weighted by Crippen LogP contribution is 2.30. The van der Waals surface area contributed by atoms with E-state index in [9.17, 15) is 9.59 Å². The van der Waals surface area contributed by atoms with Crippen LogP contribution in [0.25, 0.3) is 11.3 Å². The first-order valence-electron chi connectivity index (χ1n) is 15.3. The molecule has 0 aliphatic rings. The molecular weight excluding hydrogens is 617 g/mol. The molecule has 3 aromatic rings. The van der Waals surface area contributed by atoms with Gasteiger partial charge in [-0.2, -0.15) is 0 Å². The van der Waals surface area contributed by atoms with Gasteiger partial charge in [0, 0.05) is 35.6 Å². The van der Waals surface area contributed by atoms with Gasteiger partial charge in [0.25, 0.3) is 0 Å². The molecule has 44 heavy (non-hydrogen) atoms. The number of rotatable bonds is 18. The van der Waals surface area contributed by atoms with Crippen molar-refractivity contribution in [1.29, 1.82) is 0 Å². The van der Waals surface area contributed by atoms with E-state index in [2.05, 4.69) is 86.4 Å². The predicted molar refractivity (Wildman–Crippen MR) is 187 cm³/mol. The maximum atomic E-state index is 12.0. The Morgan fingerprint density at radius 1 is 0.955 bits per heavy atom. The van der Waals surface area contributed by atoms with E-state index in [4.69, 9.17) is 14.8 Å². The molecule has 0 radical (unpaired) electrons. The molecule has 0 saturated carbocycles. The van der Waals surface area contributed by atoms with E-state index in [0.717, 1.165) is 22.8 Å². The van der Waals surface area contributed by atoms with Crippen molar-refractivity contribution in [2.24, 2.45) is 0 Å². The van der Waals surface area contributed by atoms with Gasteiger partial charge in [0.2, 0.25) is 0 Å². The highest BCUT2D eigenvalue weighted by atomic mass is 35.5. The SMILES string of the molecule is CCCC(CCC)c1ccc(N(Cc2ccc(-c3csc(CC(CC)OC(=O)CNCC(=O)O)n3)cc2)C(C)C)cc1.Cl.Cl. The number of benzene rings is 2. The predicted octanol–water partition coefficient (Wildman–Crippen LogP) is 8.29. The van der Waals surface area contributed by atoms with Crippen molar-refractivity contribution in [3.8, 4) is 11.3 Å². The van der Waals surface area contributed by atoms with Crippen LogP contribution in [0.1, 0.15) is 88.8 Å². The summed E-state index contributed by atoms with van der Waals surface area (Å²) in [6.45, 7) is 11.4. The molecule has 0 amide bonds. The van der Waals surface area contributed by atoms with Gasteiger partial charge in [-0.25, -0.2) is 4.98 Å². The average molecular weight is 667 g/mol. The fraction of sp³-hybridized carbons (Fsp3) is 0.500. The van der Waals surface area contributed by atoms with Crippen LogP contribution in [0.3, 0.4) is 0 Å². The zero-order chi connectivity index (χ0) is 30.5. The number of esters is 1. The molecule has 1 heterocycles. The van der Waals surface area contributed by atoms with E-state index < -0.39 is 11.9 Å². The molecule has 1 unspecified atom stereocenters. The highest BCUT2D eigenvalue weighted by molar-refractivity contribution is 7.09. The van der Waals surface area contributed by atoms with E-state index in [1.54, 1.807) is 11.3 Å². The van der Waals surface area contributed by atoms with Crippen molar-refractivity contribution < 1.29 is 19.4 Å². The molecule has 1 atom stereocenters. The van der Waals surface area contributed by atoms with Gasteiger partial charge >= 0.3 is 11.9 Å². The lowest BCUT2D eigenvalue weighted by Crippen LogP contribution is -2.32. The Kier molecular flexibility index (Phi) is 18.2. The maximum absolute atomic E-state index is 12.0. The third-order valence-corrected chi connectivity index (χ3v) is 8.32. The molecule has 0 saturated heterocycles. The van der Waals surface area contributed by atoms with Crippen molar-refractivity contribution in [1.82, 2.24) is 10.3 Å². The molecule has 1 aromatic heterocycles. The third kappa shape index (κ3) is 12.4. The Bertz CT molecular complexity index is 1250. The Hall–Kier alpha value is -2.65. The summed E-state index contributed by atoms with van der Waals surface area (Å²) in [7, 11) is 0. The van der Waals surface area contributed by atoms with Crippen molar-refractivity contribution in [2.75, 3.05) is 18.0 Å². The standard InChI is InChI=1S/C34H47N3O4S.2ClH/c1-6-9-26(10-7-2)27-15-17-29(18-16-27)37(24(4)5)22-25-11-13-28(14-12-25)31-23-42-32(36-31)19-30(8-3)41-34(40)21-35-20-33(38)39;;/h11-18,23-24,26,30,35H,6-10,19-22H2,1-5H3,(H,38,39);2*1H. The van der Waals surface area contributed by atoms with Gasteiger partial charge in [-0.3, -0.25) is 14.9 Å². The smallest absolute Gasteiger partial charge is 0.320 e. The Morgan fingerprint density at radius 2 is 1.59 bits per heavy atom. The largest absolute Gasteiger partial charge is 0.480 e. The summed E-state index contributed by atoms with van der Waals surface area (Å²) in [5.74, 6) is -0.821. The van der Waals surface area contributed by atoms with Crippen LogP contribution in [-0.4, -0.2) is 47.3 Å². The van der Waals surface area contributed by atoms with Gasteiger partial charge in [-0.1, -0.05) is 70.0 Å². The molecule has 0 bridgehead atoms. The lowest BCUT2D eigenvalue weighted by Gasteiger charge is -2.30. The highest BCUT2D eigenvalue weighted by Gasteiger charge is 2.17. The summed E-state index contributed by atoms with van der Waals surface area (Å²) >= 11 is 1.56. The molecule has 2 N–H and O–H groups in total. The first kappa shape index (κ1) is 39.4. The Morgan fingerprint density at radius 3 is 2.14 bits per heavy atom. The van der Waals surface area contributed by atoms with Gasteiger partial charge in [0.15, 0.2) is 0 Å². The average Bonchev–Trinajstić information content (AvgIpc) is 3.44. The molecule has 0 aliphatic carbocycles. The van der Waals surface area contributed by atoms with Crippen molar-refractivity contribution >= 4 is 53.8 Å². The van der Waals surface area contributed by atoms with Gasteiger partial charge < -0.3 is 14.7 Å². The minimum atomic E-state index is -1.01. The fourth-order valence-electron chi connectivity index (χ4n) is 5.16. The summed E-state index contributed by atoms with van der Waals surface area (Å²) in [4.78, 5) is 29.9. The molecular formula is C34H49Cl2N3O4S. The van der Waals surface area contributed by atoms with Gasteiger partial charge in [-0.15, -0.1) is 36.2 Å². The van der Waals surface area contributed by atoms with Crippen LogP contribution in [0.5, 0.6) is 0 Å². The van der Waals surface area contributed by atoms with E-state index in [-0.39, 0.29) is 44.0 Å². The van der Waals surface area contributed by atoms with Crippen molar-refractivity contribution in [3.05, 3.63) is 70.0 Å². The quantitative estimate of drug-likeness (QED) is 0.132. The third-order valence-electron chi connectivity index (χ3n) is 7.45. The Labute approximate surface area is 279 Å².